The number of fused-ring (bicyclic) bond motifs is 1. The quantitative estimate of drug-likeness (QED) is 0.905. The van der Waals surface area contributed by atoms with Crippen LogP contribution in [-0.2, 0) is 16.8 Å². The summed E-state index contributed by atoms with van der Waals surface area (Å²) >= 11 is 0. The number of hydrogen-bond acceptors (Lipinski definition) is 2. The predicted molar refractivity (Wildman–Crippen MR) is 95.5 cm³/mol. The molecule has 0 aliphatic heterocycles. The van der Waals surface area contributed by atoms with Crippen molar-refractivity contribution < 1.29 is 4.79 Å². The molecule has 3 rings (SSSR count). The van der Waals surface area contributed by atoms with Crippen molar-refractivity contribution in [3.63, 3.8) is 0 Å². The van der Waals surface area contributed by atoms with Crippen LogP contribution in [0.25, 0.3) is 0 Å². The molecule has 0 radical (unpaired) electrons. The van der Waals surface area contributed by atoms with Crippen molar-refractivity contribution in [3.05, 3.63) is 71.3 Å². The molecule has 2 atom stereocenters. The van der Waals surface area contributed by atoms with E-state index in [1.807, 2.05) is 36.4 Å². The smallest absolute Gasteiger partial charge is 0.244 e. The number of rotatable bonds is 3. The van der Waals surface area contributed by atoms with Crippen LogP contribution in [-0.4, -0.2) is 5.91 Å². The largest absolute Gasteiger partial charge is 0.347 e. The monoisotopic (exact) mass is 330 g/mol. The number of carbonyl (C=O) groups is 1. The molecule has 4 heteroatoms. The second-order valence-corrected chi connectivity index (χ2v) is 6.19. The van der Waals surface area contributed by atoms with Crippen molar-refractivity contribution in [2.24, 2.45) is 5.73 Å². The summed E-state index contributed by atoms with van der Waals surface area (Å²) in [6, 6.07) is 17.9. The highest BCUT2D eigenvalue weighted by atomic mass is 35.5. The molecule has 0 fully saturated rings. The van der Waals surface area contributed by atoms with Crippen LogP contribution in [0.1, 0.15) is 42.5 Å². The number of benzene rings is 2. The topological polar surface area (TPSA) is 55.1 Å². The number of amides is 1. The molecule has 0 saturated heterocycles. The van der Waals surface area contributed by atoms with E-state index in [2.05, 4.69) is 23.5 Å². The van der Waals surface area contributed by atoms with E-state index < -0.39 is 5.54 Å². The lowest BCUT2D eigenvalue weighted by molar-refractivity contribution is -0.127. The zero-order chi connectivity index (χ0) is 15.6. The maximum absolute atomic E-state index is 12.7. The minimum atomic E-state index is -1.02. The van der Waals surface area contributed by atoms with Gasteiger partial charge in [-0.3, -0.25) is 4.79 Å². The highest BCUT2D eigenvalue weighted by Crippen LogP contribution is 2.30. The highest BCUT2D eigenvalue weighted by molar-refractivity contribution is 5.87. The molecule has 2 aromatic rings. The van der Waals surface area contributed by atoms with Gasteiger partial charge in [-0.25, -0.2) is 0 Å². The van der Waals surface area contributed by atoms with Gasteiger partial charge in [0.05, 0.1) is 6.04 Å². The van der Waals surface area contributed by atoms with Crippen LogP contribution >= 0.6 is 12.4 Å². The Morgan fingerprint density at radius 1 is 1.13 bits per heavy atom. The first-order chi connectivity index (χ1) is 10.6. The van der Waals surface area contributed by atoms with Crippen LogP contribution in [0, 0.1) is 0 Å². The summed E-state index contributed by atoms with van der Waals surface area (Å²) in [7, 11) is 0. The zero-order valence-electron chi connectivity index (χ0n) is 13.3. The first-order valence-electron chi connectivity index (χ1n) is 7.82. The standard InChI is InChI=1S/C19H22N2O.ClH/c1-19(20,15-10-3-2-4-11-15)18(22)21-17-13-7-9-14-8-5-6-12-16(14)17;/h2-6,8,10-12,17H,7,9,13,20H2,1H3,(H,21,22);1H. The van der Waals surface area contributed by atoms with Gasteiger partial charge in [-0.15, -0.1) is 12.4 Å². The fourth-order valence-electron chi connectivity index (χ4n) is 3.13. The van der Waals surface area contributed by atoms with Crippen LogP contribution in [0.2, 0.25) is 0 Å². The van der Waals surface area contributed by atoms with Crippen molar-refractivity contribution in [2.75, 3.05) is 0 Å². The van der Waals surface area contributed by atoms with Crippen molar-refractivity contribution in [3.8, 4) is 0 Å². The van der Waals surface area contributed by atoms with Gasteiger partial charge in [0.15, 0.2) is 0 Å². The van der Waals surface area contributed by atoms with Crippen LogP contribution in [0.15, 0.2) is 54.6 Å². The van der Waals surface area contributed by atoms with Gasteiger partial charge in [0, 0.05) is 0 Å². The van der Waals surface area contributed by atoms with Gasteiger partial charge in [0.2, 0.25) is 5.91 Å². The fourth-order valence-corrected chi connectivity index (χ4v) is 3.13. The second kappa shape index (κ2) is 7.16. The Morgan fingerprint density at radius 3 is 2.52 bits per heavy atom. The lowest BCUT2D eigenvalue weighted by Gasteiger charge is -2.31. The number of carbonyl (C=O) groups excluding carboxylic acids is 1. The van der Waals surface area contributed by atoms with Gasteiger partial charge in [-0.2, -0.15) is 0 Å². The summed E-state index contributed by atoms with van der Waals surface area (Å²) in [4.78, 5) is 12.7. The van der Waals surface area contributed by atoms with Gasteiger partial charge in [0.1, 0.15) is 5.54 Å². The Morgan fingerprint density at radius 2 is 1.78 bits per heavy atom. The summed E-state index contributed by atoms with van der Waals surface area (Å²) in [5.74, 6) is -0.125. The van der Waals surface area contributed by atoms with Gasteiger partial charge >= 0.3 is 0 Å². The molecule has 1 aliphatic carbocycles. The van der Waals surface area contributed by atoms with E-state index >= 15 is 0 Å². The molecule has 0 heterocycles. The highest BCUT2D eigenvalue weighted by Gasteiger charge is 2.33. The Kier molecular flexibility index (Phi) is 5.45. The average Bonchev–Trinajstić information content (AvgIpc) is 2.56. The summed E-state index contributed by atoms with van der Waals surface area (Å²) in [5, 5.41) is 3.15. The van der Waals surface area contributed by atoms with Gasteiger partial charge in [0.25, 0.3) is 0 Å². The van der Waals surface area contributed by atoms with Gasteiger partial charge < -0.3 is 11.1 Å². The number of nitrogens with one attached hydrogen (secondary N) is 1. The third-order valence-electron chi connectivity index (χ3n) is 4.52. The Balaban J connectivity index is 0.00000192. The lowest BCUT2D eigenvalue weighted by atomic mass is 9.86. The molecule has 3 N–H and O–H groups in total. The maximum atomic E-state index is 12.7. The molecule has 122 valence electrons. The predicted octanol–water partition coefficient (Wildman–Crippen LogP) is 3.48. The van der Waals surface area contributed by atoms with E-state index in [9.17, 15) is 4.79 Å². The minimum Gasteiger partial charge on any atom is -0.347 e. The SMILES string of the molecule is CC(N)(C(=O)NC1CCCc2ccccc21)c1ccccc1.Cl. The van der Waals surface area contributed by atoms with Gasteiger partial charge in [-0.05, 0) is 42.9 Å². The molecule has 0 saturated carbocycles. The second-order valence-electron chi connectivity index (χ2n) is 6.19. The average molecular weight is 331 g/mol. The molecule has 2 unspecified atom stereocenters. The van der Waals surface area contributed by atoms with Crippen LogP contribution < -0.4 is 11.1 Å². The van der Waals surface area contributed by atoms with Crippen LogP contribution in [0.5, 0.6) is 0 Å². The molecular weight excluding hydrogens is 308 g/mol. The van der Waals surface area contributed by atoms with Crippen molar-refractivity contribution in [1.29, 1.82) is 0 Å². The van der Waals surface area contributed by atoms with E-state index in [-0.39, 0.29) is 24.4 Å². The summed E-state index contributed by atoms with van der Waals surface area (Å²) in [5.41, 5.74) is 8.68. The third kappa shape index (κ3) is 3.57. The third-order valence-corrected chi connectivity index (χ3v) is 4.52. The van der Waals surface area contributed by atoms with Crippen molar-refractivity contribution in [1.82, 2.24) is 5.32 Å². The van der Waals surface area contributed by atoms with E-state index in [1.165, 1.54) is 11.1 Å². The first kappa shape index (κ1) is 17.5. The summed E-state index contributed by atoms with van der Waals surface area (Å²) in [6.45, 7) is 1.77. The Labute approximate surface area is 143 Å². The van der Waals surface area contributed by atoms with Crippen molar-refractivity contribution in [2.45, 2.75) is 37.8 Å². The zero-order valence-corrected chi connectivity index (χ0v) is 14.1. The van der Waals surface area contributed by atoms with Crippen molar-refractivity contribution >= 4 is 18.3 Å². The fraction of sp³-hybridized carbons (Fsp3) is 0.316. The van der Waals surface area contributed by atoms with E-state index in [4.69, 9.17) is 5.73 Å². The first-order valence-corrected chi connectivity index (χ1v) is 7.82. The number of halogens is 1. The number of hydrogen-bond donors (Lipinski definition) is 2. The molecule has 0 bridgehead atoms. The molecule has 0 spiro atoms. The molecule has 3 nitrogen and oxygen atoms in total. The van der Waals surface area contributed by atoms with E-state index in [1.54, 1.807) is 6.92 Å². The van der Waals surface area contributed by atoms with Crippen LogP contribution in [0.3, 0.4) is 0 Å². The summed E-state index contributed by atoms with van der Waals surface area (Å²) < 4.78 is 0. The molecule has 1 aliphatic rings. The molecule has 0 aromatic heterocycles. The Hall–Kier alpha value is -1.84. The van der Waals surface area contributed by atoms with Crippen LogP contribution in [0.4, 0.5) is 0 Å². The summed E-state index contributed by atoms with van der Waals surface area (Å²) in [6.07, 6.45) is 3.14. The number of nitrogens with two attached hydrogens (primary N) is 1. The van der Waals surface area contributed by atoms with E-state index in [0.717, 1.165) is 24.8 Å². The molecule has 2 aromatic carbocycles. The van der Waals surface area contributed by atoms with E-state index in [0.29, 0.717) is 0 Å². The molecule has 1 amide bonds. The normalized spacial score (nSPS) is 19.0. The molecular formula is C19H23ClN2O. The van der Waals surface area contributed by atoms with Gasteiger partial charge in [-0.1, -0.05) is 54.6 Å². The molecule has 23 heavy (non-hydrogen) atoms. The lowest BCUT2D eigenvalue weighted by Crippen LogP contribution is -2.50. The minimum absolute atomic E-state index is 0. The maximum Gasteiger partial charge on any atom is 0.244 e. The number of aryl methyl sites for hydroxylation is 1. The Bertz CT molecular complexity index is 670.